The number of rotatable bonds is 4. The summed E-state index contributed by atoms with van der Waals surface area (Å²) in [5, 5.41) is 12.5. The summed E-state index contributed by atoms with van der Waals surface area (Å²) in [6.45, 7) is 5.75. The van der Waals surface area contributed by atoms with Crippen LogP contribution < -0.4 is 5.32 Å². The number of carbonyl (C=O) groups excluding carboxylic acids is 1. The number of hydrogen-bond acceptors (Lipinski definition) is 2. The molecule has 0 radical (unpaired) electrons. The predicted molar refractivity (Wildman–Crippen MR) is 79.5 cm³/mol. The zero-order valence-electron chi connectivity index (χ0n) is 12.8. The second-order valence-corrected chi connectivity index (χ2v) is 5.94. The largest absolute Gasteiger partial charge is 0.392 e. The number of halogens is 1. The second kappa shape index (κ2) is 6.43. The third-order valence-electron chi connectivity index (χ3n) is 3.86. The number of nitrogens with zero attached hydrogens (tertiary/aromatic N) is 1. The van der Waals surface area contributed by atoms with Gasteiger partial charge in [0.15, 0.2) is 0 Å². The zero-order chi connectivity index (χ0) is 15.6. The highest BCUT2D eigenvalue weighted by atomic mass is 19.1. The van der Waals surface area contributed by atoms with Gasteiger partial charge in [-0.1, -0.05) is 12.1 Å². The summed E-state index contributed by atoms with van der Waals surface area (Å²) in [5.74, 6) is -0.200. The summed E-state index contributed by atoms with van der Waals surface area (Å²) in [6, 6.07) is 4.62. The minimum absolute atomic E-state index is 0.00650. The number of hydrogen-bond donors (Lipinski definition) is 2. The molecule has 1 aliphatic carbocycles. The van der Waals surface area contributed by atoms with Crippen molar-refractivity contribution in [1.82, 2.24) is 10.2 Å². The van der Waals surface area contributed by atoms with Crippen molar-refractivity contribution in [3.05, 3.63) is 35.1 Å². The minimum Gasteiger partial charge on any atom is -0.392 e. The van der Waals surface area contributed by atoms with Gasteiger partial charge in [-0.3, -0.25) is 0 Å². The first-order chi connectivity index (χ1) is 9.90. The van der Waals surface area contributed by atoms with Crippen molar-refractivity contribution in [3.8, 4) is 0 Å². The lowest BCUT2D eigenvalue weighted by Gasteiger charge is -2.29. The number of amides is 2. The van der Waals surface area contributed by atoms with Crippen LogP contribution in [-0.2, 0) is 6.42 Å². The van der Waals surface area contributed by atoms with Gasteiger partial charge in [-0.15, -0.1) is 0 Å². The van der Waals surface area contributed by atoms with Gasteiger partial charge in [-0.25, -0.2) is 9.18 Å². The molecule has 5 heteroatoms. The molecule has 0 saturated heterocycles. The summed E-state index contributed by atoms with van der Waals surface area (Å²) in [6.07, 6.45) is 0.777. The van der Waals surface area contributed by atoms with E-state index in [1.54, 1.807) is 17.9 Å². The zero-order valence-corrected chi connectivity index (χ0v) is 12.8. The maximum atomic E-state index is 13.7. The molecule has 0 heterocycles. The molecular weight excluding hydrogens is 271 g/mol. The fourth-order valence-corrected chi connectivity index (χ4v) is 2.80. The average molecular weight is 294 g/mol. The number of aliphatic hydroxyl groups excluding tert-OH is 1. The minimum atomic E-state index is -0.577. The number of aliphatic hydroxyl groups is 1. The number of carbonyl (C=O) groups is 1. The third-order valence-corrected chi connectivity index (χ3v) is 3.86. The Hall–Kier alpha value is -1.62. The van der Waals surface area contributed by atoms with Crippen LogP contribution in [0.5, 0.6) is 0 Å². The van der Waals surface area contributed by atoms with Crippen molar-refractivity contribution >= 4 is 6.03 Å². The van der Waals surface area contributed by atoms with E-state index < -0.39 is 6.10 Å². The Bertz CT molecular complexity index is 517. The van der Waals surface area contributed by atoms with E-state index in [0.717, 1.165) is 5.56 Å². The molecule has 0 fully saturated rings. The Labute approximate surface area is 125 Å². The molecule has 0 spiro atoms. The Morgan fingerprint density at radius 2 is 2.19 bits per heavy atom. The maximum Gasteiger partial charge on any atom is 0.318 e. The van der Waals surface area contributed by atoms with Gasteiger partial charge < -0.3 is 15.3 Å². The molecular formula is C16H23FN2O2. The highest BCUT2D eigenvalue weighted by Gasteiger charge is 2.28. The van der Waals surface area contributed by atoms with E-state index in [0.29, 0.717) is 18.4 Å². The molecule has 2 N–H and O–H groups in total. The van der Waals surface area contributed by atoms with E-state index in [2.05, 4.69) is 5.32 Å². The van der Waals surface area contributed by atoms with Crippen LogP contribution >= 0.6 is 0 Å². The number of nitrogens with one attached hydrogen (secondary N) is 1. The molecule has 2 unspecified atom stereocenters. The maximum absolute atomic E-state index is 13.7. The van der Waals surface area contributed by atoms with Gasteiger partial charge in [0.2, 0.25) is 0 Å². The highest BCUT2D eigenvalue weighted by molar-refractivity contribution is 5.75. The molecule has 2 rings (SSSR count). The molecule has 2 amide bonds. The van der Waals surface area contributed by atoms with Gasteiger partial charge in [0.05, 0.1) is 12.1 Å². The molecule has 0 aliphatic heterocycles. The van der Waals surface area contributed by atoms with Crippen molar-refractivity contribution in [1.29, 1.82) is 0 Å². The summed E-state index contributed by atoms with van der Waals surface area (Å²) in [7, 11) is 0. The molecule has 0 saturated carbocycles. The summed E-state index contributed by atoms with van der Waals surface area (Å²) in [4.78, 5) is 14.0. The molecule has 1 aliphatic rings. The Morgan fingerprint density at radius 3 is 2.81 bits per heavy atom. The smallest absolute Gasteiger partial charge is 0.318 e. The number of urea groups is 1. The summed E-state index contributed by atoms with van der Waals surface area (Å²) in [5.41, 5.74) is 1.57. The van der Waals surface area contributed by atoms with Crippen molar-refractivity contribution in [2.75, 3.05) is 6.54 Å². The van der Waals surface area contributed by atoms with E-state index in [-0.39, 0.29) is 30.5 Å². The first-order valence-electron chi connectivity index (χ1n) is 7.42. The van der Waals surface area contributed by atoms with Crippen molar-refractivity contribution in [2.24, 2.45) is 0 Å². The van der Waals surface area contributed by atoms with Crippen molar-refractivity contribution in [3.63, 3.8) is 0 Å². The lowest BCUT2D eigenvalue weighted by atomic mass is 10.1. The van der Waals surface area contributed by atoms with E-state index >= 15 is 0 Å². The van der Waals surface area contributed by atoms with Crippen LogP contribution in [0.15, 0.2) is 18.2 Å². The fourth-order valence-electron chi connectivity index (χ4n) is 2.80. The first kappa shape index (κ1) is 15.8. The quantitative estimate of drug-likeness (QED) is 0.897. The lowest BCUT2D eigenvalue weighted by molar-refractivity contribution is 0.117. The third kappa shape index (κ3) is 3.53. The van der Waals surface area contributed by atoms with E-state index in [9.17, 15) is 14.3 Å². The van der Waals surface area contributed by atoms with Gasteiger partial charge in [-0.2, -0.15) is 0 Å². The fraction of sp³-hybridized carbons (Fsp3) is 0.562. The topological polar surface area (TPSA) is 52.6 Å². The van der Waals surface area contributed by atoms with Crippen LogP contribution in [-0.4, -0.2) is 34.7 Å². The van der Waals surface area contributed by atoms with Crippen LogP contribution in [0.1, 0.15) is 44.4 Å². The Morgan fingerprint density at radius 1 is 1.48 bits per heavy atom. The summed E-state index contributed by atoms with van der Waals surface area (Å²) >= 11 is 0. The SMILES string of the molecule is CC(O)CN(C(=O)NC1CCc2c(F)cccc21)C(C)C. The monoisotopic (exact) mass is 294 g/mol. The van der Waals surface area contributed by atoms with E-state index in [4.69, 9.17) is 0 Å². The standard InChI is InChI=1S/C16H23FN2O2/c1-10(2)19(9-11(3)20)16(21)18-15-8-7-12-13(15)5-4-6-14(12)17/h4-6,10-11,15,20H,7-9H2,1-3H3,(H,18,21). The van der Waals surface area contributed by atoms with Crippen LogP contribution in [0.25, 0.3) is 0 Å². The molecule has 2 atom stereocenters. The van der Waals surface area contributed by atoms with Gasteiger partial charge in [0.1, 0.15) is 5.82 Å². The predicted octanol–water partition coefficient (Wildman–Crippen LogP) is 2.61. The van der Waals surface area contributed by atoms with E-state index in [1.807, 2.05) is 19.9 Å². The summed E-state index contributed by atoms with van der Waals surface area (Å²) < 4.78 is 13.7. The van der Waals surface area contributed by atoms with Gasteiger partial charge in [-0.05, 0) is 50.8 Å². The van der Waals surface area contributed by atoms with Crippen LogP contribution in [0.3, 0.4) is 0 Å². The van der Waals surface area contributed by atoms with Gasteiger partial charge in [0, 0.05) is 12.6 Å². The van der Waals surface area contributed by atoms with Gasteiger partial charge in [0.25, 0.3) is 0 Å². The molecule has 1 aromatic rings. The highest BCUT2D eigenvalue weighted by Crippen LogP contribution is 2.32. The Balaban J connectivity index is 2.09. The number of fused-ring (bicyclic) bond motifs is 1. The van der Waals surface area contributed by atoms with Gasteiger partial charge >= 0.3 is 6.03 Å². The molecule has 21 heavy (non-hydrogen) atoms. The number of benzene rings is 1. The molecule has 0 aromatic heterocycles. The molecule has 0 bridgehead atoms. The van der Waals surface area contributed by atoms with Crippen molar-refractivity contribution < 1.29 is 14.3 Å². The molecule has 4 nitrogen and oxygen atoms in total. The van der Waals surface area contributed by atoms with Crippen molar-refractivity contribution in [2.45, 2.75) is 51.8 Å². The molecule has 1 aromatic carbocycles. The van der Waals surface area contributed by atoms with E-state index in [1.165, 1.54) is 6.07 Å². The van der Waals surface area contributed by atoms with Crippen LogP contribution in [0.4, 0.5) is 9.18 Å². The van der Waals surface area contributed by atoms with Crippen LogP contribution in [0.2, 0.25) is 0 Å². The second-order valence-electron chi connectivity index (χ2n) is 5.94. The lowest BCUT2D eigenvalue weighted by Crippen LogP contribution is -2.47. The first-order valence-corrected chi connectivity index (χ1v) is 7.42. The molecule has 116 valence electrons. The van der Waals surface area contributed by atoms with Crippen LogP contribution in [0, 0.1) is 5.82 Å². The normalized spacial score (nSPS) is 18.5. The average Bonchev–Trinajstić information content (AvgIpc) is 2.80. The Kier molecular flexibility index (Phi) is 4.83.